The van der Waals surface area contributed by atoms with Crippen LogP contribution in [-0.4, -0.2) is 45.2 Å². The van der Waals surface area contributed by atoms with E-state index in [1.54, 1.807) is 14.2 Å². The molecule has 0 heterocycles. The van der Waals surface area contributed by atoms with Gasteiger partial charge in [-0.05, 0) is 24.1 Å². The Kier molecular flexibility index (Phi) is 8.45. The Labute approximate surface area is 139 Å². The predicted octanol–water partition coefficient (Wildman–Crippen LogP) is 2.51. The smallest absolute Gasteiger partial charge is 0.193 e. The van der Waals surface area contributed by atoms with Crippen molar-refractivity contribution in [2.24, 2.45) is 4.99 Å². The Hall–Kier alpha value is -2.35. The van der Waals surface area contributed by atoms with Crippen molar-refractivity contribution in [1.29, 1.82) is 0 Å². The first-order chi connectivity index (χ1) is 11.2. The van der Waals surface area contributed by atoms with E-state index in [0.29, 0.717) is 18.0 Å². The third-order valence-corrected chi connectivity index (χ3v) is 3.41. The van der Waals surface area contributed by atoms with Crippen LogP contribution >= 0.6 is 0 Å². The van der Waals surface area contributed by atoms with Crippen LogP contribution in [0.15, 0.2) is 23.2 Å². The van der Waals surface area contributed by atoms with Crippen molar-refractivity contribution in [1.82, 2.24) is 10.2 Å². The SMILES string of the molecule is C#CCOc1cc(CNC(=NC)N(C)CCCC)ccc1OC. The van der Waals surface area contributed by atoms with Crippen LogP contribution in [0.1, 0.15) is 25.3 Å². The van der Waals surface area contributed by atoms with Gasteiger partial charge in [-0.15, -0.1) is 6.42 Å². The van der Waals surface area contributed by atoms with E-state index in [2.05, 4.69) is 28.1 Å². The lowest BCUT2D eigenvalue weighted by molar-refractivity contribution is 0.330. The second-order valence-electron chi connectivity index (χ2n) is 5.15. The van der Waals surface area contributed by atoms with E-state index in [9.17, 15) is 0 Å². The highest BCUT2D eigenvalue weighted by atomic mass is 16.5. The normalized spacial score (nSPS) is 10.8. The molecular formula is C18H27N3O2. The molecule has 23 heavy (non-hydrogen) atoms. The minimum absolute atomic E-state index is 0.217. The van der Waals surface area contributed by atoms with E-state index in [0.717, 1.165) is 30.9 Å². The number of unbranched alkanes of at least 4 members (excludes halogenated alkanes) is 1. The van der Waals surface area contributed by atoms with Crippen molar-refractivity contribution in [2.75, 3.05) is 34.4 Å². The average molecular weight is 317 g/mol. The van der Waals surface area contributed by atoms with Crippen LogP contribution in [-0.2, 0) is 6.54 Å². The molecule has 5 heteroatoms. The largest absolute Gasteiger partial charge is 0.493 e. The number of hydrogen-bond donors (Lipinski definition) is 1. The van der Waals surface area contributed by atoms with E-state index >= 15 is 0 Å². The second kappa shape index (κ2) is 10.4. The van der Waals surface area contributed by atoms with Gasteiger partial charge in [-0.2, -0.15) is 0 Å². The molecule has 0 aliphatic carbocycles. The first-order valence-corrected chi connectivity index (χ1v) is 7.81. The lowest BCUT2D eigenvalue weighted by atomic mass is 10.2. The van der Waals surface area contributed by atoms with Crippen molar-refractivity contribution >= 4 is 5.96 Å². The summed E-state index contributed by atoms with van der Waals surface area (Å²) in [6.45, 7) is 4.03. The molecule has 5 nitrogen and oxygen atoms in total. The first-order valence-electron chi connectivity index (χ1n) is 7.81. The maximum atomic E-state index is 5.52. The predicted molar refractivity (Wildman–Crippen MR) is 95.1 cm³/mol. The molecule has 126 valence electrons. The van der Waals surface area contributed by atoms with Crippen molar-refractivity contribution in [2.45, 2.75) is 26.3 Å². The molecular weight excluding hydrogens is 290 g/mol. The number of methoxy groups -OCH3 is 1. The van der Waals surface area contributed by atoms with Gasteiger partial charge >= 0.3 is 0 Å². The standard InChI is InChI=1S/C18H27N3O2/c1-6-8-11-21(4)18(19-3)20-14-15-9-10-16(22-5)17(13-15)23-12-7-2/h2,9-10,13H,6,8,11-12,14H2,1,3-5H3,(H,19,20). The van der Waals surface area contributed by atoms with Crippen LogP contribution in [0, 0.1) is 12.3 Å². The maximum absolute atomic E-state index is 5.52. The van der Waals surface area contributed by atoms with Crippen molar-refractivity contribution in [3.05, 3.63) is 23.8 Å². The van der Waals surface area contributed by atoms with Crippen LogP contribution in [0.25, 0.3) is 0 Å². The van der Waals surface area contributed by atoms with Crippen LogP contribution < -0.4 is 14.8 Å². The lowest BCUT2D eigenvalue weighted by Gasteiger charge is -2.22. The monoisotopic (exact) mass is 317 g/mol. The second-order valence-corrected chi connectivity index (χ2v) is 5.15. The summed E-state index contributed by atoms with van der Waals surface area (Å²) in [4.78, 5) is 6.44. The fourth-order valence-corrected chi connectivity index (χ4v) is 2.13. The molecule has 0 bridgehead atoms. The Balaban J connectivity index is 2.71. The highest BCUT2D eigenvalue weighted by molar-refractivity contribution is 5.79. The van der Waals surface area contributed by atoms with Gasteiger partial charge in [0.25, 0.3) is 0 Å². The van der Waals surface area contributed by atoms with Gasteiger partial charge in [0.2, 0.25) is 0 Å². The third-order valence-electron chi connectivity index (χ3n) is 3.41. The summed E-state index contributed by atoms with van der Waals surface area (Å²) < 4.78 is 10.8. The van der Waals surface area contributed by atoms with Gasteiger partial charge in [-0.1, -0.05) is 25.3 Å². The minimum Gasteiger partial charge on any atom is -0.493 e. The highest BCUT2D eigenvalue weighted by Crippen LogP contribution is 2.27. The van der Waals surface area contributed by atoms with Crippen molar-refractivity contribution < 1.29 is 9.47 Å². The minimum atomic E-state index is 0.217. The van der Waals surface area contributed by atoms with Gasteiger partial charge in [-0.3, -0.25) is 4.99 Å². The number of benzene rings is 1. The number of rotatable bonds is 8. The van der Waals surface area contributed by atoms with E-state index in [4.69, 9.17) is 15.9 Å². The van der Waals surface area contributed by atoms with Crippen LogP contribution in [0.2, 0.25) is 0 Å². The van der Waals surface area contributed by atoms with E-state index in [-0.39, 0.29) is 6.61 Å². The molecule has 1 aromatic rings. The molecule has 0 aromatic heterocycles. The van der Waals surface area contributed by atoms with Crippen LogP contribution in [0.4, 0.5) is 0 Å². The summed E-state index contributed by atoms with van der Waals surface area (Å²) in [5, 5.41) is 3.35. The molecule has 0 spiro atoms. The van der Waals surface area contributed by atoms with E-state index in [1.807, 2.05) is 25.2 Å². The zero-order valence-electron chi connectivity index (χ0n) is 14.6. The fraction of sp³-hybridized carbons (Fsp3) is 0.500. The molecule has 0 radical (unpaired) electrons. The van der Waals surface area contributed by atoms with Crippen molar-refractivity contribution in [3.8, 4) is 23.8 Å². The van der Waals surface area contributed by atoms with E-state index in [1.165, 1.54) is 0 Å². The lowest BCUT2D eigenvalue weighted by Crippen LogP contribution is -2.38. The average Bonchev–Trinajstić information content (AvgIpc) is 2.58. The molecule has 0 aliphatic rings. The number of nitrogens with zero attached hydrogens (tertiary/aromatic N) is 2. The zero-order chi connectivity index (χ0) is 17.1. The Bertz CT molecular complexity index is 550. The maximum Gasteiger partial charge on any atom is 0.193 e. The molecule has 1 aromatic carbocycles. The molecule has 1 N–H and O–H groups in total. The topological polar surface area (TPSA) is 46.1 Å². The molecule has 0 atom stereocenters. The number of terminal acetylenes is 1. The summed E-state index contributed by atoms with van der Waals surface area (Å²) in [5.41, 5.74) is 1.07. The zero-order valence-corrected chi connectivity index (χ0v) is 14.6. The van der Waals surface area contributed by atoms with Crippen molar-refractivity contribution in [3.63, 3.8) is 0 Å². The van der Waals surface area contributed by atoms with Gasteiger partial charge in [0.1, 0.15) is 6.61 Å². The van der Waals surface area contributed by atoms with Gasteiger partial charge in [-0.25, -0.2) is 0 Å². The third kappa shape index (κ3) is 6.11. The molecule has 0 unspecified atom stereocenters. The number of nitrogens with one attached hydrogen (secondary N) is 1. The van der Waals surface area contributed by atoms with Gasteiger partial charge in [0.15, 0.2) is 17.5 Å². The summed E-state index contributed by atoms with van der Waals surface area (Å²) >= 11 is 0. The summed E-state index contributed by atoms with van der Waals surface area (Å²) in [7, 11) is 5.45. The molecule has 0 saturated carbocycles. The molecule has 0 amide bonds. The Morgan fingerprint density at radius 1 is 1.39 bits per heavy atom. The molecule has 0 aliphatic heterocycles. The Morgan fingerprint density at radius 2 is 2.17 bits per heavy atom. The fourth-order valence-electron chi connectivity index (χ4n) is 2.13. The van der Waals surface area contributed by atoms with Gasteiger partial charge in [0.05, 0.1) is 7.11 Å². The summed E-state index contributed by atoms with van der Waals surface area (Å²) in [6.07, 6.45) is 7.55. The molecule has 1 rings (SSSR count). The van der Waals surface area contributed by atoms with Crippen LogP contribution in [0.3, 0.4) is 0 Å². The number of guanidine groups is 1. The summed E-state index contributed by atoms with van der Waals surface area (Å²) in [5.74, 6) is 4.66. The quantitative estimate of drug-likeness (QED) is 0.455. The molecule has 0 saturated heterocycles. The van der Waals surface area contributed by atoms with Gasteiger partial charge < -0.3 is 19.7 Å². The Morgan fingerprint density at radius 3 is 2.78 bits per heavy atom. The van der Waals surface area contributed by atoms with Gasteiger partial charge in [0, 0.05) is 27.2 Å². The van der Waals surface area contributed by atoms with Crippen LogP contribution in [0.5, 0.6) is 11.5 Å². The number of aliphatic imine (C=N–C) groups is 1. The summed E-state index contributed by atoms with van der Waals surface area (Å²) in [6, 6.07) is 5.81. The highest BCUT2D eigenvalue weighted by Gasteiger charge is 2.08. The molecule has 0 fully saturated rings. The number of ether oxygens (including phenoxy) is 2. The van der Waals surface area contributed by atoms with E-state index < -0.39 is 0 Å². The first kappa shape index (κ1) is 18.7. The number of hydrogen-bond acceptors (Lipinski definition) is 3.